The summed E-state index contributed by atoms with van der Waals surface area (Å²) in [4.78, 5) is 41.4. The Kier molecular flexibility index (Phi) is 6.68. The number of carboxylic acid groups (broad SMARTS) is 1. The first kappa shape index (κ1) is 25.4. The van der Waals surface area contributed by atoms with Gasteiger partial charge in [-0.3, -0.25) is 14.2 Å². The predicted molar refractivity (Wildman–Crippen MR) is 152 cm³/mol. The minimum atomic E-state index is -1.18. The second-order valence-corrected chi connectivity index (χ2v) is 9.26. The van der Waals surface area contributed by atoms with Crippen molar-refractivity contribution in [2.24, 2.45) is 5.10 Å². The highest BCUT2D eigenvalue weighted by molar-refractivity contribution is 6.10. The van der Waals surface area contributed by atoms with E-state index in [0.717, 1.165) is 16.3 Å². The van der Waals surface area contributed by atoms with Gasteiger partial charge in [0.2, 0.25) is 0 Å². The number of aromatic carboxylic acids is 1. The number of fused-ring (bicyclic) bond motifs is 1. The molecule has 3 aromatic carbocycles. The molecule has 1 amide bonds. The highest BCUT2D eigenvalue weighted by Crippen LogP contribution is 2.25. The number of benzene rings is 3. The normalized spacial score (nSPS) is 13.1. The molecule has 5 rings (SSSR count). The maximum atomic E-state index is 13.8. The number of rotatable bonds is 6. The van der Waals surface area contributed by atoms with Crippen molar-refractivity contribution in [1.29, 1.82) is 0 Å². The van der Waals surface area contributed by atoms with Crippen molar-refractivity contribution in [3.05, 3.63) is 128 Å². The minimum absolute atomic E-state index is 0.0660. The van der Waals surface area contributed by atoms with Crippen LogP contribution in [0.2, 0.25) is 0 Å². The van der Waals surface area contributed by atoms with Gasteiger partial charge in [0.15, 0.2) is 5.49 Å². The average molecular weight is 519 g/mol. The van der Waals surface area contributed by atoms with E-state index in [4.69, 9.17) is 0 Å². The Balaban J connectivity index is 1.70. The van der Waals surface area contributed by atoms with E-state index in [9.17, 15) is 19.5 Å². The monoisotopic (exact) mass is 518 g/mol. The molecule has 0 spiro atoms. The number of carboxylic acids is 1. The molecule has 0 saturated carbocycles. The molecule has 1 N–H and O–H groups in total. The van der Waals surface area contributed by atoms with Crippen LogP contribution < -0.4 is 26.2 Å². The molecule has 39 heavy (non-hydrogen) atoms. The highest BCUT2D eigenvalue weighted by atomic mass is 16.4. The molecule has 0 saturated heterocycles. The summed E-state index contributed by atoms with van der Waals surface area (Å²) in [6.45, 7) is 1.71. The average Bonchev–Trinajstić information content (AvgIpc) is 3.28. The summed E-state index contributed by atoms with van der Waals surface area (Å²) in [5.74, 6) is -1.68. The van der Waals surface area contributed by atoms with E-state index >= 15 is 0 Å². The summed E-state index contributed by atoms with van der Waals surface area (Å²) in [5, 5.41) is 15.6. The van der Waals surface area contributed by atoms with Gasteiger partial charge in [-0.25, -0.2) is 4.79 Å². The van der Waals surface area contributed by atoms with Gasteiger partial charge in [-0.15, -0.1) is 5.10 Å². The maximum Gasteiger partial charge on any atom is 0.337 e. The number of carbonyl (C=O) groups is 2. The molecule has 194 valence electrons. The number of carbonyl (C=O) groups excluding carboxylic acids is 1. The number of hydrogen-bond acceptors (Lipinski definition) is 5. The molecule has 0 radical (unpaired) electrons. The molecule has 8 nitrogen and oxygen atoms in total. The van der Waals surface area contributed by atoms with Crippen molar-refractivity contribution in [1.82, 2.24) is 4.57 Å². The Morgan fingerprint density at radius 1 is 0.923 bits per heavy atom. The van der Waals surface area contributed by atoms with E-state index in [-0.39, 0.29) is 27.9 Å². The molecule has 0 bridgehead atoms. The van der Waals surface area contributed by atoms with E-state index in [1.807, 2.05) is 55.4 Å². The lowest BCUT2D eigenvalue weighted by molar-refractivity contribution is 0.0697. The SMILES string of the molecule is Cc1c2c(n(-c3ccccc3)c(=O)/c1=C\C=Cc1ccc(N(C)C)cc1)=NN(c1ccccc1C(=O)O)C2=O. The molecular formula is C31H26N4O4. The summed E-state index contributed by atoms with van der Waals surface area (Å²) >= 11 is 0. The van der Waals surface area contributed by atoms with Crippen LogP contribution in [0.4, 0.5) is 11.4 Å². The van der Waals surface area contributed by atoms with Crippen molar-refractivity contribution in [2.75, 3.05) is 24.0 Å². The fraction of sp³-hybridized carbons (Fsp3) is 0.0968. The van der Waals surface area contributed by atoms with Crippen LogP contribution in [0.3, 0.4) is 0 Å². The Morgan fingerprint density at radius 3 is 2.26 bits per heavy atom. The van der Waals surface area contributed by atoms with Gasteiger partial charge < -0.3 is 10.0 Å². The van der Waals surface area contributed by atoms with Gasteiger partial charge in [0, 0.05) is 25.0 Å². The lowest BCUT2D eigenvalue weighted by Crippen LogP contribution is -2.45. The first-order valence-electron chi connectivity index (χ1n) is 12.3. The van der Waals surface area contributed by atoms with Crippen LogP contribution >= 0.6 is 0 Å². The van der Waals surface area contributed by atoms with Gasteiger partial charge in [-0.2, -0.15) is 5.01 Å². The summed E-state index contributed by atoms with van der Waals surface area (Å²) in [5.41, 5.74) is 3.18. The van der Waals surface area contributed by atoms with Gasteiger partial charge >= 0.3 is 5.97 Å². The summed E-state index contributed by atoms with van der Waals surface area (Å²) in [6.07, 6.45) is 5.36. The zero-order valence-corrected chi connectivity index (χ0v) is 21.7. The lowest BCUT2D eigenvalue weighted by Gasteiger charge is -2.14. The second-order valence-electron chi connectivity index (χ2n) is 9.26. The Labute approximate surface area is 224 Å². The van der Waals surface area contributed by atoms with E-state index in [1.54, 1.807) is 55.5 Å². The molecule has 0 aliphatic carbocycles. The number of allylic oxidation sites excluding steroid dienone is 1. The van der Waals surface area contributed by atoms with Gasteiger partial charge in [0.25, 0.3) is 11.5 Å². The van der Waals surface area contributed by atoms with Crippen molar-refractivity contribution >= 4 is 35.4 Å². The number of aromatic nitrogens is 1. The molecule has 1 aliphatic rings. The fourth-order valence-electron chi connectivity index (χ4n) is 4.54. The van der Waals surface area contributed by atoms with Crippen LogP contribution in [0, 0.1) is 6.92 Å². The number of amides is 1. The molecule has 2 heterocycles. The predicted octanol–water partition coefficient (Wildman–Crippen LogP) is 3.60. The van der Waals surface area contributed by atoms with Crippen LogP contribution in [0.25, 0.3) is 17.8 Å². The van der Waals surface area contributed by atoms with Crippen LogP contribution in [0.1, 0.15) is 31.8 Å². The van der Waals surface area contributed by atoms with Crippen molar-refractivity contribution in [2.45, 2.75) is 6.92 Å². The molecule has 0 unspecified atom stereocenters. The zero-order chi connectivity index (χ0) is 27.7. The topological polar surface area (TPSA) is 95.2 Å². The third kappa shape index (κ3) is 4.64. The van der Waals surface area contributed by atoms with Crippen LogP contribution in [-0.2, 0) is 0 Å². The van der Waals surface area contributed by atoms with Gasteiger partial charge in [0.05, 0.1) is 22.5 Å². The first-order valence-corrected chi connectivity index (χ1v) is 12.3. The molecule has 1 aromatic heterocycles. The molecule has 4 aromatic rings. The number of nitrogens with zero attached hydrogens (tertiary/aromatic N) is 4. The van der Waals surface area contributed by atoms with Gasteiger partial charge in [-0.1, -0.05) is 54.6 Å². The smallest absolute Gasteiger partial charge is 0.337 e. The van der Waals surface area contributed by atoms with E-state index in [1.165, 1.54) is 16.7 Å². The Bertz CT molecular complexity index is 1800. The third-order valence-corrected chi connectivity index (χ3v) is 6.59. The third-order valence-electron chi connectivity index (χ3n) is 6.59. The summed E-state index contributed by atoms with van der Waals surface area (Å²) < 4.78 is 1.40. The molecule has 1 aliphatic heterocycles. The van der Waals surface area contributed by atoms with Crippen molar-refractivity contribution in [3.8, 4) is 5.69 Å². The second kappa shape index (κ2) is 10.3. The number of hydrogen-bond donors (Lipinski definition) is 1. The highest BCUT2D eigenvalue weighted by Gasteiger charge is 2.32. The van der Waals surface area contributed by atoms with E-state index < -0.39 is 11.9 Å². The molecule has 8 heteroatoms. The lowest BCUT2D eigenvalue weighted by atomic mass is 10.1. The quantitative estimate of drug-likeness (QED) is 0.421. The molecule has 0 fully saturated rings. The molecular weight excluding hydrogens is 492 g/mol. The minimum Gasteiger partial charge on any atom is -0.478 e. The zero-order valence-electron chi connectivity index (χ0n) is 21.7. The summed E-state index contributed by atoms with van der Waals surface area (Å²) in [6, 6.07) is 23.1. The van der Waals surface area contributed by atoms with Gasteiger partial charge in [-0.05, 0) is 60.5 Å². The van der Waals surface area contributed by atoms with Crippen LogP contribution in [0.15, 0.2) is 94.8 Å². The first-order chi connectivity index (χ1) is 18.8. The maximum absolute atomic E-state index is 13.8. The van der Waals surface area contributed by atoms with Crippen LogP contribution in [0.5, 0.6) is 0 Å². The fourth-order valence-corrected chi connectivity index (χ4v) is 4.54. The Hall–Kier alpha value is -5.24. The molecule has 0 atom stereocenters. The summed E-state index contributed by atoms with van der Waals surface area (Å²) in [7, 11) is 3.95. The number of para-hydroxylation sites is 2. The van der Waals surface area contributed by atoms with Crippen LogP contribution in [-0.4, -0.2) is 35.6 Å². The standard InChI is InChI=1S/C31H26N4O4/c1-20-24(14-9-10-21-16-18-22(19-17-21)33(2)3)29(36)34(23-11-5-4-6-12-23)28-27(20)30(37)35(32-28)26-15-8-7-13-25(26)31(38)39/h4-19H,1-3H3,(H,38,39)/b10-9?,24-14-. The van der Waals surface area contributed by atoms with Crippen molar-refractivity contribution < 1.29 is 14.7 Å². The van der Waals surface area contributed by atoms with E-state index in [0.29, 0.717) is 16.5 Å². The Morgan fingerprint density at radius 2 is 1.59 bits per heavy atom. The van der Waals surface area contributed by atoms with Crippen molar-refractivity contribution in [3.63, 3.8) is 0 Å². The van der Waals surface area contributed by atoms with E-state index in [2.05, 4.69) is 5.10 Å². The van der Waals surface area contributed by atoms with Gasteiger partial charge in [0.1, 0.15) is 0 Å². The largest absolute Gasteiger partial charge is 0.478 e. The number of anilines is 2. The number of pyridine rings is 1.